The number of ether oxygens (including phenoxy) is 3. The van der Waals surface area contributed by atoms with Gasteiger partial charge in [-0.2, -0.15) is 0 Å². The zero-order valence-corrected chi connectivity index (χ0v) is 35.3. The summed E-state index contributed by atoms with van der Waals surface area (Å²) in [7, 11) is 0. The largest absolute Gasteiger partial charge is 0.462 e. The van der Waals surface area contributed by atoms with E-state index in [-0.39, 0.29) is 31.1 Å². The Labute approximate surface area is 323 Å². The lowest BCUT2D eigenvalue weighted by Gasteiger charge is -2.18. The predicted molar refractivity (Wildman–Crippen MR) is 220 cm³/mol. The van der Waals surface area contributed by atoms with Crippen LogP contribution in [0.1, 0.15) is 252 Å². The number of esters is 3. The molecule has 0 aromatic carbocycles. The fourth-order valence-corrected chi connectivity index (χ4v) is 6.77. The van der Waals surface area contributed by atoms with E-state index in [0.717, 1.165) is 63.7 Å². The van der Waals surface area contributed by atoms with E-state index in [1.165, 1.54) is 148 Å². The normalized spacial score (nSPS) is 12.5. The molecule has 0 aliphatic carbocycles. The van der Waals surface area contributed by atoms with Gasteiger partial charge in [0.15, 0.2) is 6.10 Å². The van der Waals surface area contributed by atoms with E-state index in [1.807, 2.05) is 0 Å². The second-order valence-electron chi connectivity index (χ2n) is 15.9. The van der Waals surface area contributed by atoms with Crippen LogP contribution in [-0.2, 0) is 28.6 Å². The quantitative estimate of drug-likeness (QED) is 0.0353. The Kier molecular flexibility index (Phi) is 39.4. The third-order valence-corrected chi connectivity index (χ3v) is 10.7. The molecule has 52 heavy (non-hydrogen) atoms. The fraction of sp³-hybridized carbons (Fsp3) is 0.935. The molecule has 0 heterocycles. The summed E-state index contributed by atoms with van der Waals surface area (Å²) in [6.45, 7) is 8.98. The highest BCUT2D eigenvalue weighted by Gasteiger charge is 2.19. The van der Waals surface area contributed by atoms with Crippen molar-refractivity contribution in [3.05, 3.63) is 0 Å². The average Bonchev–Trinajstić information content (AvgIpc) is 3.14. The lowest BCUT2D eigenvalue weighted by Crippen LogP contribution is -2.30. The lowest BCUT2D eigenvalue weighted by atomic mass is 9.99. The summed E-state index contributed by atoms with van der Waals surface area (Å²) >= 11 is 0. The minimum absolute atomic E-state index is 0.0641. The van der Waals surface area contributed by atoms with E-state index in [0.29, 0.717) is 19.3 Å². The first-order valence-electron chi connectivity index (χ1n) is 22.9. The van der Waals surface area contributed by atoms with Crippen molar-refractivity contribution >= 4 is 17.9 Å². The highest BCUT2D eigenvalue weighted by atomic mass is 16.6. The standard InChI is InChI=1S/C46H88O6/c1-5-8-10-12-14-15-16-17-18-22-26-30-34-38-45(48)51-41-43(40-50-44(47)37-33-29-24-13-11-9-6-2)52-46(49)39-35-31-27-23-20-19-21-25-28-32-36-42(4)7-3/h42-43H,5-41H2,1-4H3/t42?,43-/m1/s1. The molecule has 6 nitrogen and oxygen atoms in total. The Morgan fingerprint density at radius 2 is 0.673 bits per heavy atom. The molecule has 0 saturated heterocycles. The molecule has 0 aliphatic rings. The number of carbonyl (C=O) groups is 3. The Bertz CT molecular complexity index is 783. The molecule has 0 aromatic heterocycles. The molecule has 1 unspecified atom stereocenters. The van der Waals surface area contributed by atoms with Crippen molar-refractivity contribution in [3.63, 3.8) is 0 Å². The van der Waals surface area contributed by atoms with Gasteiger partial charge in [0.2, 0.25) is 0 Å². The maximum absolute atomic E-state index is 12.7. The van der Waals surface area contributed by atoms with E-state index < -0.39 is 6.10 Å². The van der Waals surface area contributed by atoms with Crippen LogP contribution in [0.25, 0.3) is 0 Å². The predicted octanol–water partition coefficient (Wildman–Crippen LogP) is 14.3. The van der Waals surface area contributed by atoms with Gasteiger partial charge in [-0.05, 0) is 25.2 Å². The summed E-state index contributed by atoms with van der Waals surface area (Å²) < 4.78 is 16.7. The highest BCUT2D eigenvalue weighted by molar-refractivity contribution is 5.71. The molecule has 0 aromatic rings. The first-order valence-corrected chi connectivity index (χ1v) is 22.9. The van der Waals surface area contributed by atoms with Crippen molar-refractivity contribution in [2.75, 3.05) is 13.2 Å². The Balaban J connectivity index is 4.27. The average molecular weight is 737 g/mol. The van der Waals surface area contributed by atoms with Crippen LogP contribution in [0.3, 0.4) is 0 Å². The number of carbonyl (C=O) groups excluding carboxylic acids is 3. The molecular weight excluding hydrogens is 648 g/mol. The van der Waals surface area contributed by atoms with Gasteiger partial charge < -0.3 is 14.2 Å². The second-order valence-corrected chi connectivity index (χ2v) is 15.9. The van der Waals surface area contributed by atoms with Crippen LogP contribution in [0.5, 0.6) is 0 Å². The van der Waals surface area contributed by atoms with Gasteiger partial charge in [0, 0.05) is 19.3 Å². The molecular formula is C46H88O6. The Hall–Kier alpha value is -1.59. The summed E-state index contributed by atoms with van der Waals surface area (Å²) in [6, 6.07) is 0. The summed E-state index contributed by atoms with van der Waals surface area (Å²) in [6.07, 6.45) is 39.4. The summed E-state index contributed by atoms with van der Waals surface area (Å²) in [4.78, 5) is 37.6. The first kappa shape index (κ1) is 50.4. The zero-order chi connectivity index (χ0) is 38.2. The lowest BCUT2D eigenvalue weighted by molar-refractivity contribution is -0.167. The maximum atomic E-state index is 12.7. The minimum atomic E-state index is -0.758. The van der Waals surface area contributed by atoms with E-state index >= 15 is 0 Å². The zero-order valence-electron chi connectivity index (χ0n) is 35.3. The van der Waals surface area contributed by atoms with Crippen LogP contribution in [0.4, 0.5) is 0 Å². The topological polar surface area (TPSA) is 78.9 Å². The molecule has 308 valence electrons. The molecule has 0 radical (unpaired) electrons. The van der Waals surface area contributed by atoms with Crippen molar-refractivity contribution in [2.24, 2.45) is 5.92 Å². The highest BCUT2D eigenvalue weighted by Crippen LogP contribution is 2.17. The third kappa shape index (κ3) is 38.1. The van der Waals surface area contributed by atoms with Gasteiger partial charge in [-0.15, -0.1) is 0 Å². The summed E-state index contributed by atoms with van der Waals surface area (Å²) in [5.74, 6) is 0.00751. The molecule has 0 N–H and O–H groups in total. The fourth-order valence-electron chi connectivity index (χ4n) is 6.77. The van der Waals surface area contributed by atoms with Crippen molar-refractivity contribution in [3.8, 4) is 0 Å². The van der Waals surface area contributed by atoms with Crippen molar-refractivity contribution in [1.29, 1.82) is 0 Å². The second kappa shape index (κ2) is 40.6. The molecule has 0 bridgehead atoms. The molecule has 0 amide bonds. The SMILES string of the molecule is CCCCCCCCCCCCCCCC(=O)OC[C@@H](COC(=O)CCCCCCCCC)OC(=O)CCCCCCCCCCCCC(C)CC. The minimum Gasteiger partial charge on any atom is -0.462 e. The molecule has 0 rings (SSSR count). The van der Waals surface area contributed by atoms with E-state index in [2.05, 4.69) is 27.7 Å². The number of rotatable bonds is 41. The van der Waals surface area contributed by atoms with E-state index in [1.54, 1.807) is 0 Å². The number of unbranched alkanes of at least 4 members (excludes halogenated alkanes) is 27. The monoisotopic (exact) mass is 737 g/mol. The molecule has 0 spiro atoms. The third-order valence-electron chi connectivity index (χ3n) is 10.7. The van der Waals surface area contributed by atoms with Crippen LogP contribution in [0.2, 0.25) is 0 Å². The first-order chi connectivity index (χ1) is 25.4. The van der Waals surface area contributed by atoms with Crippen LogP contribution in [-0.4, -0.2) is 37.2 Å². The van der Waals surface area contributed by atoms with Gasteiger partial charge in [-0.25, -0.2) is 0 Å². The number of hydrogen-bond acceptors (Lipinski definition) is 6. The van der Waals surface area contributed by atoms with Crippen LogP contribution in [0, 0.1) is 5.92 Å². The van der Waals surface area contributed by atoms with Gasteiger partial charge in [0.1, 0.15) is 13.2 Å². The van der Waals surface area contributed by atoms with E-state index in [9.17, 15) is 14.4 Å². The van der Waals surface area contributed by atoms with Gasteiger partial charge in [0.05, 0.1) is 0 Å². The van der Waals surface area contributed by atoms with Crippen LogP contribution in [0.15, 0.2) is 0 Å². The van der Waals surface area contributed by atoms with Gasteiger partial charge in [-0.1, -0.05) is 214 Å². The number of hydrogen-bond donors (Lipinski definition) is 0. The molecule has 6 heteroatoms. The summed E-state index contributed by atoms with van der Waals surface area (Å²) in [5, 5.41) is 0. The van der Waals surface area contributed by atoms with Crippen molar-refractivity contribution in [1.82, 2.24) is 0 Å². The maximum Gasteiger partial charge on any atom is 0.306 e. The van der Waals surface area contributed by atoms with Crippen LogP contribution < -0.4 is 0 Å². The smallest absolute Gasteiger partial charge is 0.306 e. The van der Waals surface area contributed by atoms with Crippen molar-refractivity contribution in [2.45, 2.75) is 259 Å². The van der Waals surface area contributed by atoms with Gasteiger partial charge >= 0.3 is 17.9 Å². The summed E-state index contributed by atoms with van der Waals surface area (Å²) in [5.41, 5.74) is 0. The molecule has 0 aliphatic heterocycles. The Morgan fingerprint density at radius 1 is 0.385 bits per heavy atom. The van der Waals surface area contributed by atoms with E-state index in [4.69, 9.17) is 14.2 Å². The molecule has 2 atom stereocenters. The van der Waals surface area contributed by atoms with Gasteiger partial charge in [-0.3, -0.25) is 14.4 Å². The Morgan fingerprint density at radius 3 is 1.00 bits per heavy atom. The molecule has 0 fully saturated rings. The molecule has 0 saturated carbocycles. The van der Waals surface area contributed by atoms with Crippen molar-refractivity contribution < 1.29 is 28.6 Å². The van der Waals surface area contributed by atoms with Crippen LogP contribution >= 0.6 is 0 Å². The van der Waals surface area contributed by atoms with Gasteiger partial charge in [0.25, 0.3) is 0 Å².